The van der Waals surface area contributed by atoms with Crippen molar-refractivity contribution >= 4 is 17.9 Å². The van der Waals surface area contributed by atoms with Gasteiger partial charge in [0.15, 0.2) is 18.1 Å². The van der Waals surface area contributed by atoms with E-state index in [0.717, 1.165) is 11.8 Å². The minimum absolute atomic E-state index is 0.0844. The molecule has 7 heteroatoms. The van der Waals surface area contributed by atoms with Gasteiger partial charge in [0.2, 0.25) is 5.82 Å². The number of aromatic nitrogens is 2. The molecule has 0 N–H and O–H groups in total. The van der Waals surface area contributed by atoms with Crippen molar-refractivity contribution in [3.63, 3.8) is 0 Å². The largest absolute Gasteiger partial charge is 0.490 e. The average Bonchev–Trinajstić information content (AvgIpc) is 3.10. The second-order valence-corrected chi connectivity index (χ2v) is 5.50. The standard InChI is InChI=1S/C18H15ClN2O4/c1-2-23-16-9-12(10-22)3-8-15(16)24-11-17-20-18(21-25-17)13-4-6-14(19)7-5-13/h3-10H,2,11H2,1H3. The Morgan fingerprint density at radius 1 is 1.12 bits per heavy atom. The normalized spacial score (nSPS) is 10.5. The topological polar surface area (TPSA) is 74.5 Å². The molecule has 25 heavy (non-hydrogen) atoms. The number of hydrogen-bond donors (Lipinski definition) is 0. The molecule has 0 aliphatic rings. The number of hydrogen-bond acceptors (Lipinski definition) is 6. The summed E-state index contributed by atoms with van der Waals surface area (Å²) >= 11 is 5.87. The lowest BCUT2D eigenvalue weighted by Gasteiger charge is -2.10. The van der Waals surface area contributed by atoms with Crippen LogP contribution < -0.4 is 9.47 Å². The van der Waals surface area contributed by atoms with Crippen LogP contribution in [0.2, 0.25) is 5.02 Å². The van der Waals surface area contributed by atoms with E-state index in [2.05, 4.69) is 10.1 Å². The molecular weight excluding hydrogens is 344 g/mol. The highest BCUT2D eigenvalue weighted by Gasteiger charge is 2.12. The van der Waals surface area contributed by atoms with E-state index in [-0.39, 0.29) is 6.61 Å². The summed E-state index contributed by atoms with van der Waals surface area (Å²) in [4.78, 5) is 15.2. The molecule has 6 nitrogen and oxygen atoms in total. The first-order chi connectivity index (χ1) is 12.2. The number of nitrogens with zero attached hydrogens (tertiary/aromatic N) is 2. The van der Waals surface area contributed by atoms with Gasteiger partial charge in [-0.15, -0.1) is 0 Å². The van der Waals surface area contributed by atoms with Crippen LogP contribution in [-0.4, -0.2) is 23.0 Å². The van der Waals surface area contributed by atoms with Gasteiger partial charge in [-0.3, -0.25) is 4.79 Å². The summed E-state index contributed by atoms with van der Waals surface area (Å²) in [6, 6.07) is 12.1. The van der Waals surface area contributed by atoms with Crippen LogP contribution >= 0.6 is 11.6 Å². The molecule has 0 bridgehead atoms. The van der Waals surface area contributed by atoms with Gasteiger partial charge in [0.05, 0.1) is 6.61 Å². The van der Waals surface area contributed by atoms with Crippen molar-refractivity contribution in [3.8, 4) is 22.9 Å². The zero-order chi connectivity index (χ0) is 17.6. The summed E-state index contributed by atoms with van der Waals surface area (Å²) < 4.78 is 16.4. The monoisotopic (exact) mass is 358 g/mol. The quantitative estimate of drug-likeness (QED) is 0.590. The molecule has 0 unspecified atom stereocenters. The lowest BCUT2D eigenvalue weighted by Crippen LogP contribution is -2.00. The maximum Gasteiger partial charge on any atom is 0.264 e. The van der Waals surface area contributed by atoms with Gasteiger partial charge in [-0.25, -0.2) is 0 Å². The van der Waals surface area contributed by atoms with E-state index >= 15 is 0 Å². The molecule has 0 aliphatic heterocycles. The lowest BCUT2D eigenvalue weighted by atomic mass is 10.2. The molecule has 0 saturated heterocycles. The molecule has 3 rings (SSSR count). The van der Waals surface area contributed by atoms with Crippen molar-refractivity contribution in [2.24, 2.45) is 0 Å². The fourth-order valence-electron chi connectivity index (χ4n) is 2.15. The first-order valence-electron chi connectivity index (χ1n) is 7.63. The van der Waals surface area contributed by atoms with E-state index in [0.29, 0.717) is 40.4 Å². The summed E-state index contributed by atoms with van der Waals surface area (Å²) in [5.74, 6) is 1.77. The summed E-state index contributed by atoms with van der Waals surface area (Å²) in [5.41, 5.74) is 1.31. The van der Waals surface area contributed by atoms with Crippen LogP contribution in [0.3, 0.4) is 0 Å². The highest BCUT2D eigenvalue weighted by Crippen LogP contribution is 2.29. The summed E-state index contributed by atoms with van der Waals surface area (Å²) in [6.07, 6.45) is 0.753. The van der Waals surface area contributed by atoms with Gasteiger partial charge < -0.3 is 14.0 Å². The Labute approximate surface area is 149 Å². The first-order valence-corrected chi connectivity index (χ1v) is 8.00. The Kier molecular flexibility index (Phi) is 5.30. The van der Waals surface area contributed by atoms with Gasteiger partial charge in [0.25, 0.3) is 5.89 Å². The van der Waals surface area contributed by atoms with Crippen LogP contribution in [0, 0.1) is 0 Å². The molecule has 0 atom stereocenters. The van der Waals surface area contributed by atoms with Crippen LogP contribution in [0.25, 0.3) is 11.4 Å². The molecule has 1 heterocycles. The summed E-state index contributed by atoms with van der Waals surface area (Å²) in [5, 5.41) is 4.56. The molecule has 0 spiro atoms. The van der Waals surface area contributed by atoms with Crippen LogP contribution in [0.15, 0.2) is 47.0 Å². The van der Waals surface area contributed by atoms with Crippen LogP contribution in [-0.2, 0) is 6.61 Å². The number of ether oxygens (including phenoxy) is 2. The Balaban J connectivity index is 1.72. The SMILES string of the molecule is CCOc1cc(C=O)ccc1OCc1nc(-c2ccc(Cl)cc2)no1. The predicted octanol–water partition coefficient (Wildman–Crippen LogP) is 4.18. The third-order valence-electron chi connectivity index (χ3n) is 3.33. The zero-order valence-corrected chi connectivity index (χ0v) is 14.2. The second-order valence-electron chi connectivity index (χ2n) is 5.06. The lowest BCUT2D eigenvalue weighted by molar-refractivity contribution is 0.112. The van der Waals surface area contributed by atoms with Crippen molar-refractivity contribution in [1.29, 1.82) is 0 Å². The molecular formula is C18H15ClN2O4. The molecule has 0 saturated carbocycles. The average molecular weight is 359 g/mol. The second kappa shape index (κ2) is 7.81. The van der Waals surface area contributed by atoms with Crippen molar-refractivity contribution in [3.05, 3.63) is 58.9 Å². The van der Waals surface area contributed by atoms with Gasteiger partial charge in [0.1, 0.15) is 6.29 Å². The smallest absolute Gasteiger partial charge is 0.264 e. The third-order valence-corrected chi connectivity index (χ3v) is 3.58. The Hall–Kier alpha value is -2.86. The number of halogens is 1. The number of aldehydes is 1. The minimum Gasteiger partial charge on any atom is -0.490 e. The van der Waals surface area contributed by atoms with Gasteiger partial charge in [-0.1, -0.05) is 16.8 Å². The fraction of sp³-hybridized carbons (Fsp3) is 0.167. The molecule has 3 aromatic rings. The highest BCUT2D eigenvalue weighted by molar-refractivity contribution is 6.30. The number of rotatable bonds is 7. The molecule has 0 amide bonds. The number of carbonyl (C=O) groups is 1. The summed E-state index contributed by atoms with van der Waals surface area (Å²) in [7, 11) is 0. The van der Waals surface area contributed by atoms with E-state index in [9.17, 15) is 4.79 Å². The van der Waals surface area contributed by atoms with Gasteiger partial charge >= 0.3 is 0 Å². The molecule has 2 aromatic carbocycles. The van der Waals surface area contributed by atoms with E-state index in [1.165, 1.54) is 0 Å². The molecule has 128 valence electrons. The van der Waals surface area contributed by atoms with Crippen molar-refractivity contribution in [2.45, 2.75) is 13.5 Å². The molecule has 0 fully saturated rings. The van der Waals surface area contributed by atoms with E-state index in [4.69, 9.17) is 25.6 Å². The summed E-state index contributed by atoms with van der Waals surface area (Å²) in [6.45, 7) is 2.40. The predicted molar refractivity (Wildman–Crippen MR) is 92.1 cm³/mol. The molecule has 0 aliphatic carbocycles. The van der Waals surface area contributed by atoms with Crippen LogP contribution in [0.1, 0.15) is 23.2 Å². The van der Waals surface area contributed by atoms with Crippen LogP contribution in [0.4, 0.5) is 0 Å². The van der Waals surface area contributed by atoms with E-state index < -0.39 is 0 Å². The van der Waals surface area contributed by atoms with Crippen molar-refractivity contribution in [1.82, 2.24) is 10.1 Å². The number of carbonyl (C=O) groups excluding carboxylic acids is 1. The Morgan fingerprint density at radius 3 is 2.64 bits per heavy atom. The minimum atomic E-state index is 0.0844. The molecule has 1 aromatic heterocycles. The molecule has 0 radical (unpaired) electrons. The Morgan fingerprint density at radius 2 is 1.92 bits per heavy atom. The first kappa shape index (κ1) is 17.0. The highest BCUT2D eigenvalue weighted by atomic mass is 35.5. The van der Waals surface area contributed by atoms with Gasteiger partial charge in [-0.05, 0) is 49.4 Å². The van der Waals surface area contributed by atoms with Crippen molar-refractivity contribution < 1.29 is 18.8 Å². The maximum atomic E-state index is 10.9. The van der Waals surface area contributed by atoms with Crippen molar-refractivity contribution in [2.75, 3.05) is 6.61 Å². The maximum absolute atomic E-state index is 10.9. The van der Waals surface area contributed by atoms with Crippen LogP contribution in [0.5, 0.6) is 11.5 Å². The third kappa shape index (κ3) is 4.16. The van der Waals surface area contributed by atoms with E-state index in [1.807, 2.05) is 19.1 Å². The van der Waals surface area contributed by atoms with E-state index in [1.54, 1.807) is 30.3 Å². The Bertz CT molecular complexity index is 862. The van der Waals surface area contributed by atoms with Gasteiger partial charge in [-0.2, -0.15) is 4.98 Å². The zero-order valence-electron chi connectivity index (χ0n) is 13.4. The fourth-order valence-corrected chi connectivity index (χ4v) is 2.28. The number of benzene rings is 2. The van der Waals surface area contributed by atoms with Gasteiger partial charge in [0, 0.05) is 16.1 Å².